The molecule has 9 nitrogen and oxygen atoms in total. The van der Waals surface area contributed by atoms with Gasteiger partial charge in [-0.1, -0.05) is 23.4 Å². The van der Waals surface area contributed by atoms with Gasteiger partial charge in [0.1, 0.15) is 5.75 Å². The van der Waals surface area contributed by atoms with Gasteiger partial charge in [0.15, 0.2) is 0 Å². The number of carboxylic acid groups (broad SMARTS) is 2. The highest BCUT2D eigenvalue weighted by atomic mass is 32.1. The predicted octanol–water partition coefficient (Wildman–Crippen LogP) is 2.49. The minimum Gasteiger partial charge on any atom is -0.493 e. The number of thiophene rings is 1. The molecule has 1 fully saturated rings. The molecule has 5 rings (SSSR count). The zero-order valence-electron chi connectivity index (χ0n) is 15.9. The number of likely N-dealkylation sites (tertiary alicyclic amines) is 1. The van der Waals surface area contributed by atoms with Gasteiger partial charge in [0.2, 0.25) is 11.7 Å². The van der Waals surface area contributed by atoms with E-state index in [4.69, 9.17) is 29.1 Å². The fourth-order valence-corrected chi connectivity index (χ4v) is 4.01. The van der Waals surface area contributed by atoms with Crippen LogP contribution in [0.3, 0.4) is 0 Å². The van der Waals surface area contributed by atoms with Gasteiger partial charge in [0, 0.05) is 26.1 Å². The molecular formula is C20H19N3O6S. The minimum atomic E-state index is -1.82. The third kappa shape index (κ3) is 4.50. The molecule has 1 saturated heterocycles. The van der Waals surface area contributed by atoms with Crippen LogP contribution in [0.5, 0.6) is 5.75 Å². The first-order valence-electron chi connectivity index (χ1n) is 9.30. The Kier molecular flexibility index (Phi) is 5.77. The average Bonchev–Trinajstić information content (AvgIpc) is 3.45. The first-order valence-corrected chi connectivity index (χ1v) is 10.2. The van der Waals surface area contributed by atoms with Crippen LogP contribution in [0.4, 0.5) is 0 Å². The lowest BCUT2D eigenvalue weighted by Gasteiger charge is -2.37. The van der Waals surface area contributed by atoms with E-state index in [0.29, 0.717) is 11.7 Å². The number of hydrogen-bond donors (Lipinski definition) is 2. The van der Waals surface area contributed by atoms with Crippen molar-refractivity contribution in [2.75, 3.05) is 19.7 Å². The number of ether oxygens (including phenoxy) is 1. The molecule has 2 aliphatic rings. The number of carboxylic acids is 2. The van der Waals surface area contributed by atoms with Gasteiger partial charge in [-0.05, 0) is 28.6 Å². The van der Waals surface area contributed by atoms with Crippen molar-refractivity contribution in [2.24, 2.45) is 0 Å². The Morgan fingerprint density at radius 3 is 2.70 bits per heavy atom. The molecule has 1 aromatic carbocycles. The van der Waals surface area contributed by atoms with E-state index < -0.39 is 11.9 Å². The van der Waals surface area contributed by atoms with Gasteiger partial charge in [0.25, 0.3) is 0 Å². The van der Waals surface area contributed by atoms with Crippen LogP contribution in [-0.4, -0.2) is 56.9 Å². The average molecular weight is 429 g/mol. The molecule has 0 saturated carbocycles. The first-order chi connectivity index (χ1) is 14.5. The normalized spacial score (nSPS) is 15.5. The lowest BCUT2D eigenvalue weighted by molar-refractivity contribution is -0.159. The summed E-state index contributed by atoms with van der Waals surface area (Å²) >= 11 is 1.63. The second-order valence-corrected chi connectivity index (χ2v) is 7.92. The lowest BCUT2D eigenvalue weighted by Crippen LogP contribution is -2.44. The molecule has 0 spiro atoms. The summed E-state index contributed by atoms with van der Waals surface area (Å²) in [6.45, 7) is 3.73. The Bertz CT molecular complexity index is 1030. The monoisotopic (exact) mass is 429 g/mol. The van der Waals surface area contributed by atoms with Crippen molar-refractivity contribution < 1.29 is 29.1 Å². The van der Waals surface area contributed by atoms with E-state index in [9.17, 15) is 0 Å². The Morgan fingerprint density at radius 1 is 1.20 bits per heavy atom. The molecule has 2 aromatic heterocycles. The number of rotatable bonds is 4. The van der Waals surface area contributed by atoms with E-state index in [1.165, 1.54) is 11.1 Å². The molecule has 3 aromatic rings. The molecule has 30 heavy (non-hydrogen) atoms. The third-order valence-electron chi connectivity index (χ3n) is 4.83. The van der Waals surface area contributed by atoms with E-state index in [-0.39, 0.29) is 0 Å². The maximum absolute atomic E-state index is 9.10. The second kappa shape index (κ2) is 8.64. The van der Waals surface area contributed by atoms with Crippen molar-refractivity contribution in [3.8, 4) is 16.5 Å². The zero-order valence-corrected chi connectivity index (χ0v) is 16.7. The number of benzene rings is 1. The summed E-state index contributed by atoms with van der Waals surface area (Å²) in [5, 5.41) is 20.9. The number of fused-ring (bicyclic) bond motifs is 1. The van der Waals surface area contributed by atoms with E-state index in [1.807, 2.05) is 17.5 Å². The SMILES string of the molecule is O=C(O)C(=O)O.c1csc(-c2noc(C3CN(Cc4ccc5c(c4)CCO5)C3)n2)c1. The molecule has 2 N–H and O–H groups in total. The molecule has 0 bridgehead atoms. The number of hydrogen-bond acceptors (Lipinski definition) is 8. The summed E-state index contributed by atoms with van der Waals surface area (Å²) in [6.07, 6.45) is 1.03. The van der Waals surface area contributed by atoms with Crippen LogP contribution in [-0.2, 0) is 22.6 Å². The minimum absolute atomic E-state index is 0.351. The van der Waals surface area contributed by atoms with Crippen LogP contribution in [0.1, 0.15) is 22.9 Å². The number of aromatic nitrogens is 2. The van der Waals surface area contributed by atoms with Gasteiger partial charge in [-0.3, -0.25) is 4.90 Å². The number of carbonyl (C=O) groups is 2. The molecule has 10 heteroatoms. The molecule has 4 heterocycles. The molecular weight excluding hydrogens is 410 g/mol. The van der Waals surface area contributed by atoms with Crippen molar-refractivity contribution in [2.45, 2.75) is 18.9 Å². The van der Waals surface area contributed by atoms with Crippen molar-refractivity contribution in [1.82, 2.24) is 15.0 Å². The van der Waals surface area contributed by atoms with Gasteiger partial charge >= 0.3 is 11.9 Å². The quantitative estimate of drug-likeness (QED) is 0.602. The summed E-state index contributed by atoms with van der Waals surface area (Å²) < 4.78 is 11.0. The second-order valence-electron chi connectivity index (χ2n) is 6.98. The summed E-state index contributed by atoms with van der Waals surface area (Å²) in [5.74, 6) is -0.782. The predicted molar refractivity (Wildman–Crippen MR) is 107 cm³/mol. The van der Waals surface area contributed by atoms with Crippen molar-refractivity contribution in [3.05, 3.63) is 52.7 Å². The molecule has 0 unspecified atom stereocenters. The van der Waals surface area contributed by atoms with Crippen LogP contribution in [0.15, 0.2) is 40.2 Å². The largest absolute Gasteiger partial charge is 0.493 e. The fourth-order valence-electron chi connectivity index (χ4n) is 3.36. The summed E-state index contributed by atoms with van der Waals surface area (Å²) in [6, 6.07) is 10.6. The maximum atomic E-state index is 9.10. The van der Waals surface area contributed by atoms with Gasteiger partial charge in [-0.2, -0.15) is 4.98 Å². The molecule has 0 amide bonds. The Balaban J connectivity index is 0.000000322. The van der Waals surface area contributed by atoms with Gasteiger partial charge in [-0.15, -0.1) is 11.3 Å². The van der Waals surface area contributed by atoms with Crippen LogP contribution in [0.25, 0.3) is 10.7 Å². The van der Waals surface area contributed by atoms with Crippen LogP contribution < -0.4 is 4.74 Å². The van der Waals surface area contributed by atoms with Crippen LogP contribution in [0.2, 0.25) is 0 Å². The Labute approximate surface area is 175 Å². The topological polar surface area (TPSA) is 126 Å². The first kappa shape index (κ1) is 20.0. The third-order valence-corrected chi connectivity index (χ3v) is 5.70. The smallest absolute Gasteiger partial charge is 0.414 e. The molecule has 0 aliphatic carbocycles. The highest BCUT2D eigenvalue weighted by Crippen LogP contribution is 2.31. The lowest BCUT2D eigenvalue weighted by atomic mass is 9.98. The van der Waals surface area contributed by atoms with Gasteiger partial charge < -0.3 is 19.5 Å². The fraction of sp³-hybridized carbons (Fsp3) is 0.300. The number of nitrogens with zero attached hydrogens (tertiary/aromatic N) is 3. The zero-order chi connectivity index (χ0) is 21.1. The van der Waals surface area contributed by atoms with E-state index in [0.717, 1.165) is 49.2 Å². The Morgan fingerprint density at radius 2 is 2.00 bits per heavy atom. The van der Waals surface area contributed by atoms with E-state index in [2.05, 4.69) is 33.2 Å². The van der Waals surface area contributed by atoms with Crippen LogP contribution >= 0.6 is 11.3 Å². The maximum Gasteiger partial charge on any atom is 0.414 e. The van der Waals surface area contributed by atoms with E-state index in [1.54, 1.807) is 11.3 Å². The Hall–Kier alpha value is -3.24. The van der Waals surface area contributed by atoms with Gasteiger partial charge in [-0.25, -0.2) is 9.59 Å². The molecule has 0 atom stereocenters. The van der Waals surface area contributed by atoms with Gasteiger partial charge in [0.05, 0.1) is 17.4 Å². The molecule has 2 aliphatic heterocycles. The summed E-state index contributed by atoms with van der Waals surface area (Å²) in [7, 11) is 0. The summed E-state index contributed by atoms with van der Waals surface area (Å²) in [4.78, 5) is 26.2. The van der Waals surface area contributed by atoms with Crippen molar-refractivity contribution in [3.63, 3.8) is 0 Å². The molecule has 0 radical (unpaired) electrons. The standard InChI is InChI=1S/C18H17N3O2S.C2H2O4/c1-2-16(24-7-1)17-19-18(23-20-17)14-10-21(11-14)9-12-3-4-15-13(8-12)5-6-22-15;3-1(4)2(5)6/h1-4,7-8,14H,5-6,9-11H2;(H,3,4)(H,5,6). The van der Waals surface area contributed by atoms with Crippen LogP contribution in [0, 0.1) is 0 Å². The summed E-state index contributed by atoms with van der Waals surface area (Å²) in [5.41, 5.74) is 2.68. The number of aliphatic carboxylic acids is 2. The highest BCUT2D eigenvalue weighted by Gasteiger charge is 2.32. The van der Waals surface area contributed by atoms with E-state index >= 15 is 0 Å². The van der Waals surface area contributed by atoms with Crippen molar-refractivity contribution >= 4 is 23.3 Å². The van der Waals surface area contributed by atoms with Crippen molar-refractivity contribution in [1.29, 1.82) is 0 Å². The molecule has 156 valence electrons. The highest BCUT2D eigenvalue weighted by molar-refractivity contribution is 7.13.